The van der Waals surface area contributed by atoms with Crippen LogP contribution >= 0.6 is 0 Å². The zero-order valence-electron chi connectivity index (χ0n) is 40.5. The van der Waals surface area contributed by atoms with Crippen molar-refractivity contribution in [2.45, 2.75) is 175 Å². The maximum Gasteiger partial charge on any atom is 1.00 e. The Hall–Kier alpha value is -1.88. The second-order valence-electron chi connectivity index (χ2n) is 15.9. The fourth-order valence-electron chi connectivity index (χ4n) is 7.09. The number of hydrogen-bond acceptors (Lipinski definition) is 14. The maximum atomic E-state index is 13.1. The van der Waals surface area contributed by atoms with Crippen molar-refractivity contribution >= 4 is 40.5 Å². The average molecular weight is 1040 g/mol. The minimum Gasteiger partial charge on any atom is -0.744 e. The Morgan fingerprint density at radius 3 is 0.926 bits per heavy atom. The van der Waals surface area contributed by atoms with Crippen LogP contribution in [0.4, 0.5) is 0 Å². The van der Waals surface area contributed by atoms with Crippen LogP contribution in [0, 0.1) is 0 Å². The first kappa shape index (κ1) is 64.1. The van der Waals surface area contributed by atoms with Crippen LogP contribution in [0.25, 0.3) is 0 Å². The molecule has 0 aliphatic rings. The van der Waals surface area contributed by atoms with Gasteiger partial charge in [0.2, 0.25) is 0 Å². The maximum absolute atomic E-state index is 13.1. The molecule has 4 aromatic rings. The van der Waals surface area contributed by atoms with Gasteiger partial charge in [0.25, 0.3) is 0 Å². The van der Waals surface area contributed by atoms with Gasteiger partial charge in [0.05, 0.1) is 22.0 Å². The molecule has 14 nitrogen and oxygen atoms in total. The molecular weight excluding hydrogens is 975 g/mol. The normalized spacial score (nSPS) is 12.7. The molecule has 4 aromatic carbocycles. The third-order valence-electron chi connectivity index (χ3n) is 10.4. The van der Waals surface area contributed by atoms with Crippen LogP contribution in [0.3, 0.4) is 0 Å². The molecule has 68 heavy (non-hydrogen) atoms. The van der Waals surface area contributed by atoms with Crippen molar-refractivity contribution in [3.63, 3.8) is 0 Å². The van der Waals surface area contributed by atoms with Gasteiger partial charge in [-0.2, -0.15) is 16.8 Å². The van der Waals surface area contributed by atoms with Gasteiger partial charge in [0, 0.05) is 0 Å². The number of unbranched alkanes of at least 4 members (excludes halogenated alkanes) is 10. The third-order valence-corrected chi connectivity index (χ3v) is 15.0. The molecule has 0 aliphatic heterocycles. The van der Waals surface area contributed by atoms with E-state index in [0.29, 0.717) is 25.7 Å². The standard InChI is InChI=1S/2C24H34O7S2.2Na/c2*1-3-5-6-7-8-9-15-20(14-4-2)31-33(28,29)24-19-13-11-17-22(24)30-21-16-10-12-18-23(21)32(25,26)27;;/h2*10-13,16-20H,3-9,14-15H2,1-2H3,(H,25,26,27);;/q;;2*+1/p-2. The van der Waals surface area contributed by atoms with Crippen LogP contribution in [0.5, 0.6) is 23.0 Å². The van der Waals surface area contributed by atoms with E-state index >= 15 is 0 Å². The Labute approximate surface area is 451 Å². The van der Waals surface area contributed by atoms with E-state index in [0.717, 1.165) is 63.5 Å². The van der Waals surface area contributed by atoms with Crippen molar-refractivity contribution < 1.29 is 120 Å². The van der Waals surface area contributed by atoms with E-state index in [1.165, 1.54) is 111 Å². The van der Waals surface area contributed by atoms with Gasteiger partial charge >= 0.3 is 79.4 Å². The summed E-state index contributed by atoms with van der Waals surface area (Å²) in [6, 6.07) is 22.2. The summed E-state index contributed by atoms with van der Waals surface area (Å²) in [5, 5.41) is 0. The average Bonchev–Trinajstić information content (AvgIpc) is 3.26. The molecule has 0 radical (unpaired) electrons. The van der Waals surface area contributed by atoms with E-state index in [2.05, 4.69) is 13.8 Å². The molecule has 0 saturated heterocycles. The number of hydrogen-bond donors (Lipinski definition) is 0. The quantitative estimate of drug-likeness (QED) is 0.0252. The molecule has 20 heteroatoms. The first-order valence-corrected chi connectivity index (χ1v) is 28.5. The zero-order chi connectivity index (χ0) is 48.6. The Morgan fingerprint density at radius 2 is 0.632 bits per heavy atom. The van der Waals surface area contributed by atoms with E-state index < -0.39 is 62.5 Å². The van der Waals surface area contributed by atoms with Gasteiger partial charge in [0.1, 0.15) is 53.0 Å². The number of benzene rings is 4. The van der Waals surface area contributed by atoms with E-state index in [-0.39, 0.29) is 91.9 Å². The van der Waals surface area contributed by atoms with Crippen LogP contribution < -0.4 is 68.6 Å². The van der Waals surface area contributed by atoms with E-state index in [4.69, 9.17) is 17.8 Å². The summed E-state index contributed by atoms with van der Waals surface area (Å²) in [6.45, 7) is 8.27. The first-order valence-electron chi connectivity index (χ1n) is 22.9. The molecule has 0 heterocycles. The predicted octanol–water partition coefficient (Wildman–Crippen LogP) is 6.02. The molecule has 0 N–H and O–H groups in total. The van der Waals surface area contributed by atoms with Crippen molar-refractivity contribution in [2.24, 2.45) is 0 Å². The van der Waals surface area contributed by atoms with Crippen molar-refractivity contribution in [2.75, 3.05) is 0 Å². The molecule has 0 saturated carbocycles. The molecule has 0 spiro atoms. The van der Waals surface area contributed by atoms with Crippen molar-refractivity contribution in [1.29, 1.82) is 0 Å². The van der Waals surface area contributed by atoms with Gasteiger partial charge in [-0.3, -0.25) is 8.37 Å². The summed E-state index contributed by atoms with van der Waals surface area (Å²) in [5.41, 5.74) is 0. The minimum absolute atomic E-state index is 0. The predicted molar refractivity (Wildman–Crippen MR) is 252 cm³/mol. The summed E-state index contributed by atoms with van der Waals surface area (Å²) >= 11 is 0. The summed E-state index contributed by atoms with van der Waals surface area (Å²) in [7, 11) is -18.0. The molecular formula is C48H66Na2O14S4. The molecule has 0 amide bonds. The summed E-state index contributed by atoms with van der Waals surface area (Å²) < 4.78 is 144. The molecule has 0 aliphatic carbocycles. The second-order valence-corrected chi connectivity index (χ2v) is 21.7. The smallest absolute Gasteiger partial charge is 0.744 e. The van der Waals surface area contributed by atoms with Gasteiger partial charge in [-0.25, -0.2) is 16.8 Å². The van der Waals surface area contributed by atoms with Crippen LogP contribution in [-0.2, 0) is 48.8 Å². The van der Waals surface area contributed by atoms with Gasteiger partial charge in [-0.1, -0.05) is 166 Å². The largest absolute Gasteiger partial charge is 1.00 e. The van der Waals surface area contributed by atoms with Crippen molar-refractivity contribution in [3.05, 3.63) is 97.1 Å². The van der Waals surface area contributed by atoms with E-state index in [1.54, 1.807) is 12.1 Å². The third kappa shape index (κ3) is 22.7. The Bertz CT molecular complexity index is 2350. The molecule has 4 rings (SSSR count). The van der Waals surface area contributed by atoms with Gasteiger partial charge in [0.15, 0.2) is 0 Å². The summed E-state index contributed by atoms with van der Waals surface area (Å²) in [5.74, 6) is -0.702. The van der Waals surface area contributed by atoms with Gasteiger partial charge in [-0.05, 0) is 74.2 Å². The van der Waals surface area contributed by atoms with Gasteiger partial charge < -0.3 is 18.6 Å². The monoisotopic (exact) mass is 1040 g/mol. The SMILES string of the molecule is CCCCCCCCC(CCC)OS(=O)(=O)c1ccccc1Oc1ccccc1S(=O)(=O)[O-].CCCCCCCCC(CCC)OS(=O)(=O)c1ccccc1Oc1ccccc1S(=O)(=O)[O-].[Na+].[Na+]. The fraction of sp³-hybridized carbons (Fsp3) is 0.500. The summed E-state index contributed by atoms with van der Waals surface area (Å²) in [4.78, 5) is -1.56. The zero-order valence-corrected chi connectivity index (χ0v) is 47.7. The second kappa shape index (κ2) is 33.0. The van der Waals surface area contributed by atoms with Crippen LogP contribution in [-0.4, -0.2) is 55.0 Å². The summed E-state index contributed by atoms with van der Waals surface area (Å²) in [6.07, 6.45) is 16.3. The van der Waals surface area contributed by atoms with Gasteiger partial charge in [-0.15, -0.1) is 0 Å². The number of para-hydroxylation sites is 4. The van der Waals surface area contributed by atoms with Crippen LogP contribution in [0.1, 0.15) is 143 Å². The Morgan fingerprint density at radius 1 is 0.368 bits per heavy atom. The molecule has 2 unspecified atom stereocenters. The van der Waals surface area contributed by atoms with Crippen LogP contribution in [0.2, 0.25) is 0 Å². The van der Waals surface area contributed by atoms with E-state index in [9.17, 15) is 42.8 Å². The molecule has 0 aromatic heterocycles. The number of rotatable bonds is 30. The van der Waals surface area contributed by atoms with Crippen LogP contribution in [0.15, 0.2) is 117 Å². The topological polar surface area (TPSA) is 220 Å². The fourth-order valence-corrected chi connectivity index (χ4v) is 10.8. The molecule has 368 valence electrons. The molecule has 0 fully saturated rings. The molecule has 0 bridgehead atoms. The molecule has 2 atom stereocenters. The minimum atomic E-state index is -4.80. The van der Waals surface area contributed by atoms with Crippen molar-refractivity contribution in [1.82, 2.24) is 0 Å². The first-order chi connectivity index (χ1) is 31.4. The van der Waals surface area contributed by atoms with E-state index in [1.807, 2.05) is 13.8 Å². The number of ether oxygens (including phenoxy) is 2. The van der Waals surface area contributed by atoms with Crippen molar-refractivity contribution in [3.8, 4) is 23.0 Å². The Balaban J connectivity index is 0.000000661. The Kier molecular flexibility index (Phi) is 31.1.